The van der Waals surface area contributed by atoms with Crippen LogP contribution in [0.2, 0.25) is 5.02 Å². The second-order valence-corrected chi connectivity index (χ2v) is 7.63. The number of aryl methyl sites for hydroxylation is 1. The van der Waals surface area contributed by atoms with Gasteiger partial charge in [0.2, 0.25) is 0 Å². The van der Waals surface area contributed by atoms with Gasteiger partial charge in [-0.15, -0.1) is 11.6 Å². The molecule has 2 heteroatoms. The summed E-state index contributed by atoms with van der Waals surface area (Å²) >= 11 is 13.9. The third kappa shape index (κ3) is 3.98. The first kappa shape index (κ1) is 19.0. The number of benzene rings is 3. The molecule has 0 nitrogen and oxygen atoms in total. The molecule has 0 saturated carbocycles. The van der Waals surface area contributed by atoms with Gasteiger partial charge in [0, 0.05) is 10.6 Å². The third-order valence-electron chi connectivity index (χ3n) is 4.84. The Balaban J connectivity index is 2.03. The maximum Gasteiger partial charge on any atom is 0.121 e. The molecule has 0 amide bonds. The molecule has 1 atom stereocenters. The first-order valence-corrected chi connectivity index (χ1v) is 10.0. The van der Waals surface area contributed by atoms with Crippen LogP contribution >= 0.6 is 23.2 Å². The van der Waals surface area contributed by atoms with Crippen LogP contribution in [0.1, 0.15) is 48.4 Å². The van der Waals surface area contributed by atoms with E-state index < -0.39 is 4.87 Å². The SMILES string of the molecule is CCCCCc1ccc(C(Cl)(c2ccccc2)c2ccccc2Cl)cc1. The van der Waals surface area contributed by atoms with E-state index in [0.717, 1.165) is 23.1 Å². The van der Waals surface area contributed by atoms with Gasteiger partial charge < -0.3 is 0 Å². The summed E-state index contributed by atoms with van der Waals surface area (Å²) in [5.74, 6) is 0. The number of alkyl halides is 1. The van der Waals surface area contributed by atoms with Gasteiger partial charge in [-0.05, 0) is 35.6 Å². The molecule has 26 heavy (non-hydrogen) atoms. The molecule has 1 unspecified atom stereocenters. The third-order valence-corrected chi connectivity index (χ3v) is 5.81. The van der Waals surface area contributed by atoms with Gasteiger partial charge in [0.05, 0.1) is 0 Å². The van der Waals surface area contributed by atoms with Crippen LogP contribution in [0.4, 0.5) is 0 Å². The minimum Gasteiger partial charge on any atom is -0.103 e. The van der Waals surface area contributed by atoms with Crippen molar-refractivity contribution >= 4 is 23.2 Å². The molecule has 0 spiro atoms. The fraction of sp³-hybridized carbons (Fsp3) is 0.250. The number of hydrogen-bond donors (Lipinski definition) is 0. The normalized spacial score (nSPS) is 13.3. The van der Waals surface area contributed by atoms with Crippen LogP contribution in [0.3, 0.4) is 0 Å². The summed E-state index contributed by atoms with van der Waals surface area (Å²) in [7, 11) is 0. The van der Waals surface area contributed by atoms with Crippen molar-refractivity contribution in [2.45, 2.75) is 37.5 Å². The van der Waals surface area contributed by atoms with Crippen molar-refractivity contribution in [1.29, 1.82) is 0 Å². The molecule has 0 heterocycles. The Morgan fingerprint density at radius 3 is 2.00 bits per heavy atom. The zero-order chi connectivity index (χ0) is 18.4. The van der Waals surface area contributed by atoms with E-state index >= 15 is 0 Å². The van der Waals surface area contributed by atoms with E-state index in [4.69, 9.17) is 23.2 Å². The van der Waals surface area contributed by atoms with Crippen molar-refractivity contribution in [1.82, 2.24) is 0 Å². The molecule has 0 N–H and O–H groups in total. The van der Waals surface area contributed by atoms with Crippen LogP contribution < -0.4 is 0 Å². The molecule has 0 radical (unpaired) electrons. The topological polar surface area (TPSA) is 0 Å². The maximum atomic E-state index is 7.32. The Bertz CT molecular complexity index is 824. The van der Waals surface area contributed by atoms with E-state index in [9.17, 15) is 0 Å². The second kappa shape index (κ2) is 8.75. The molecule has 3 aromatic rings. The molecule has 0 aromatic heterocycles. The predicted octanol–water partition coefficient (Wildman–Crippen LogP) is 7.60. The average Bonchev–Trinajstić information content (AvgIpc) is 2.69. The van der Waals surface area contributed by atoms with E-state index in [1.54, 1.807) is 0 Å². The van der Waals surface area contributed by atoms with Gasteiger partial charge in [-0.2, -0.15) is 0 Å². The quantitative estimate of drug-likeness (QED) is 0.224. The standard InChI is InChI=1S/C24H24Cl2/c1-2-3-5-10-19-15-17-21(18-16-19)24(26,20-11-6-4-7-12-20)22-13-8-9-14-23(22)25/h4,6-9,11-18H,2-3,5,10H2,1H3. The highest BCUT2D eigenvalue weighted by atomic mass is 35.5. The average molecular weight is 383 g/mol. The number of halogens is 2. The van der Waals surface area contributed by atoms with Gasteiger partial charge in [0.1, 0.15) is 4.87 Å². The Labute approximate surface area is 166 Å². The molecule has 0 saturated heterocycles. The van der Waals surface area contributed by atoms with Crippen LogP contribution in [0.5, 0.6) is 0 Å². The van der Waals surface area contributed by atoms with Gasteiger partial charge in [-0.1, -0.05) is 104 Å². The minimum absolute atomic E-state index is 0.679. The van der Waals surface area contributed by atoms with Crippen molar-refractivity contribution in [3.8, 4) is 0 Å². The van der Waals surface area contributed by atoms with E-state index in [2.05, 4.69) is 43.3 Å². The Morgan fingerprint density at radius 2 is 1.35 bits per heavy atom. The molecule has 3 rings (SSSR count). The number of unbranched alkanes of at least 4 members (excludes halogenated alkanes) is 2. The van der Waals surface area contributed by atoms with Crippen LogP contribution in [-0.4, -0.2) is 0 Å². The van der Waals surface area contributed by atoms with E-state index in [1.807, 2.05) is 42.5 Å². The summed E-state index contributed by atoms with van der Waals surface area (Å²) in [5.41, 5.74) is 4.33. The van der Waals surface area contributed by atoms with E-state index in [0.29, 0.717) is 5.02 Å². The molecule has 0 aliphatic carbocycles. The van der Waals surface area contributed by atoms with Gasteiger partial charge in [0.15, 0.2) is 0 Å². The lowest BCUT2D eigenvalue weighted by atomic mass is 9.83. The van der Waals surface area contributed by atoms with Crippen molar-refractivity contribution in [2.75, 3.05) is 0 Å². The molecule has 134 valence electrons. The summed E-state index contributed by atoms with van der Waals surface area (Å²) in [6.07, 6.45) is 4.85. The highest BCUT2D eigenvalue weighted by Crippen LogP contribution is 2.45. The smallest absolute Gasteiger partial charge is 0.103 e. The predicted molar refractivity (Wildman–Crippen MR) is 113 cm³/mol. The van der Waals surface area contributed by atoms with Crippen LogP contribution in [-0.2, 0) is 11.3 Å². The van der Waals surface area contributed by atoms with Gasteiger partial charge >= 0.3 is 0 Å². The highest BCUT2D eigenvalue weighted by molar-refractivity contribution is 6.34. The highest BCUT2D eigenvalue weighted by Gasteiger charge is 2.35. The molecular weight excluding hydrogens is 359 g/mol. The zero-order valence-corrected chi connectivity index (χ0v) is 16.6. The summed E-state index contributed by atoms with van der Waals surface area (Å²) < 4.78 is 0. The number of hydrogen-bond acceptors (Lipinski definition) is 0. The molecule has 3 aromatic carbocycles. The molecule has 0 bridgehead atoms. The maximum absolute atomic E-state index is 7.32. The number of rotatable bonds is 7. The largest absolute Gasteiger partial charge is 0.121 e. The summed E-state index contributed by atoms with van der Waals surface area (Å²) in [4.78, 5) is -0.804. The van der Waals surface area contributed by atoms with Crippen molar-refractivity contribution < 1.29 is 0 Å². The van der Waals surface area contributed by atoms with Crippen molar-refractivity contribution in [3.63, 3.8) is 0 Å². The summed E-state index contributed by atoms with van der Waals surface area (Å²) in [5, 5.41) is 0.679. The van der Waals surface area contributed by atoms with Crippen LogP contribution in [0.15, 0.2) is 78.9 Å². The monoisotopic (exact) mass is 382 g/mol. The lowest BCUT2D eigenvalue weighted by molar-refractivity contribution is 0.717. The fourth-order valence-electron chi connectivity index (χ4n) is 3.37. The van der Waals surface area contributed by atoms with Gasteiger partial charge in [-0.3, -0.25) is 0 Å². The minimum atomic E-state index is -0.804. The Hall–Kier alpha value is -1.76. The first-order valence-electron chi connectivity index (χ1n) is 9.25. The molecular formula is C24H24Cl2. The van der Waals surface area contributed by atoms with Gasteiger partial charge in [0.25, 0.3) is 0 Å². The van der Waals surface area contributed by atoms with Crippen molar-refractivity contribution in [2.24, 2.45) is 0 Å². The van der Waals surface area contributed by atoms with Crippen LogP contribution in [0, 0.1) is 0 Å². The molecule has 0 aliphatic rings. The Kier molecular flexibility index (Phi) is 6.40. The lowest BCUT2D eigenvalue weighted by Gasteiger charge is -2.30. The lowest BCUT2D eigenvalue weighted by Crippen LogP contribution is -2.22. The second-order valence-electron chi connectivity index (χ2n) is 6.66. The van der Waals surface area contributed by atoms with E-state index in [1.165, 1.54) is 24.8 Å². The van der Waals surface area contributed by atoms with Crippen molar-refractivity contribution in [3.05, 3.63) is 106 Å². The molecule has 0 aliphatic heterocycles. The van der Waals surface area contributed by atoms with Gasteiger partial charge in [-0.25, -0.2) is 0 Å². The Morgan fingerprint density at radius 1 is 0.731 bits per heavy atom. The fourth-order valence-corrected chi connectivity index (χ4v) is 4.11. The van der Waals surface area contributed by atoms with Crippen LogP contribution in [0.25, 0.3) is 0 Å². The summed E-state index contributed by atoms with van der Waals surface area (Å²) in [6.45, 7) is 2.23. The van der Waals surface area contributed by atoms with E-state index in [-0.39, 0.29) is 0 Å². The summed E-state index contributed by atoms with van der Waals surface area (Å²) in [6, 6.07) is 26.7. The molecule has 0 fully saturated rings. The first-order chi connectivity index (χ1) is 12.7. The zero-order valence-electron chi connectivity index (χ0n) is 15.1.